The Bertz CT molecular complexity index is 739. The van der Waals surface area contributed by atoms with Crippen molar-refractivity contribution in [2.75, 3.05) is 19.8 Å². The maximum Gasteiger partial charge on any atom is 0.246 e. The quantitative estimate of drug-likeness (QED) is 0.541. The van der Waals surface area contributed by atoms with Crippen LogP contribution < -0.4 is 14.8 Å². The summed E-state index contributed by atoms with van der Waals surface area (Å²) in [6.45, 7) is 8.79. The molecule has 0 saturated heterocycles. The molecule has 0 heterocycles. The van der Waals surface area contributed by atoms with Crippen molar-refractivity contribution in [3.63, 3.8) is 0 Å². The van der Waals surface area contributed by atoms with E-state index in [1.807, 2.05) is 70.2 Å². The molecule has 0 unspecified atom stereocenters. The number of benzene rings is 2. The van der Waals surface area contributed by atoms with Gasteiger partial charge >= 0.3 is 0 Å². The summed E-state index contributed by atoms with van der Waals surface area (Å²) in [6, 6.07) is 13.4. The zero-order chi connectivity index (χ0) is 20.5. The summed E-state index contributed by atoms with van der Waals surface area (Å²) in [5.41, 5.74) is 1.94. The Hall–Kier alpha value is -2.05. The van der Waals surface area contributed by atoms with Crippen LogP contribution in [0.3, 0.4) is 0 Å². The van der Waals surface area contributed by atoms with Crippen LogP contribution in [0.5, 0.6) is 11.5 Å². The van der Waals surface area contributed by atoms with Crippen molar-refractivity contribution in [2.45, 2.75) is 39.8 Å². The van der Waals surface area contributed by atoms with Gasteiger partial charge in [0.2, 0.25) is 5.91 Å². The fourth-order valence-electron chi connectivity index (χ4n) is 2.75. The molecule has 0 aliphatic heterocycles. The summed E-state index contributed by atoms with van der Waals surface area (Å²) in [4.78, 5) is 12.3. The van der Waals surface area contributed by atoms with Crippen LogP contribution in [0.15, 0.2) is 46.9 Å². The number of carbonyl (C=O) groups is 1. The van der Waals surface area contributed by atoms with Gasteiger partial charge in [0.15, 0.2) is 0 Å². The van der Waals surface area contributed by atoms with E-state index in [0.717, 1.165) is 15.6 Å². The Morgan fingerprint density at radius 1 is 1.00 bits per heavy atom. The Balaban J connectivity index is 2.00. The lowest BCUT2D eigenvalue weighted by molar-refractivity contribution is -0.128. The lowest BCUT2D eigenvalue weighted by Crippen LogP contribution is -2.30. The number of hydrogen-bond acceptors (Lipinski definition) is 4. The minimum atomic E-state index is -0.213. The molecule has 0 bridgehead atoms. The lowest BCUT2D eigenvalue weighted by atomic mass is 10.1. The van der Waals surface area contributed by atoms with E-state index in [4.69, 9.17) is 14.2 Å². The van der Waals surface area contributed by atoms with E-state index < -0.39 is 0 Å². The first-order valence-electron chi connectivity index (χ1n) is 9.51. The molecule has 0 aliphatic carbocycles. The van der Waals surface area contributed by atoms with Gasteiger partial charge in [-0.15, -0.1) is 0 Å². The summed E-state index contributed by atoms with van der Waals surface area (Å²) in [7, 11) is 0. The summed E-state index contributed by atoms with van der Waals surface area (Å²) < 4.78 is 17.8. The molecule has 0 radical (unpaired) electrons. The number of hydrogen-bond donors (Lipinski definition) is 1. The van der Waals surface area contributed by atoms with Crippen LogP contribution in [0, 0.1) is 0 Å². The number of nitrogens with one attached hydrogen (secondary N) is 1. The first kappa shape index (κ1) is 22.2. The zero-order valence-corrected chi connectivity index (χ0v) is 18.4. The zero-order valence-electron chi connectivity index (χ0n) is 16.8. The molecule has 2 aromatic carbocycles. The van der Waals surface area contributed by atoms with Gasteiger partial charge in [-0.1, -0.05) is 30.3 Å². The number of ether oxygens (including phenoxy) is 3. The molecule has 0 saturated carbocycles. The predicted molar refractivity (Wildman–Crippen MR) is 114 cm³/mol. The van der Waals surface area contributed by atoms with Gasteiger partial charge in [0.05, 0.1) is 25.4 Å². The molecule has 5 nitrogen and oxygen atoms in total. The van der Waals surface area contributed by atoms with Crippen molar-refractivity contribution < 1.29 is 19.0 Å². The minimum absolute atomic E-state index is 0.00639. The average Bonchev–Trinajstić information content (AvgIpc) is 2.70. The highest BCUT2D eigenvalue weighted by Gasteiger charge is 2.17. The summed E-state index contributed by atoms with van der Waals surface area (Å²) in [6.07, 6.45) is -0.149. The van der Waals surface area contributed by atoms with Gasteiger partial charge in [-0.25, -0.2) is 0 Å². The van der Waals surface area contributed by atoms with Crippen molar-refractivity contribution in [2.24, 2.45) is 0 Å². The van der Waals surface area contributed by atoms with E-state index in [2.05, 4.69) is 21.2 Å². The van der Waals surface area contributed by atoms with Crippen LogP contribution >= 0.6 is 15.9 Å². The molecule has 28 heavy (non-hydrogen) atoms. The number of halogens is 1. The van der Waals surface area contributed by atoms with Gasteiger partial charge in [-0.3, -0.25) is 4.79 Å². The van der Waals surface area contributed by atoms with Crippen molar-refractivity contribution >= 4 is 21.8 Å². The Labute approximate surface area is 175 Å². The van der Waals surface area contributed by atoms with Crippen molar-refractivity contribution in [1.82, 2.24) is 5.32 Å². The number of amides is 1. The van der Waals surface area contributed by atoms with Crippen LogP contribution in [0.25, 0.3) is 0 Å². The second kappa shape index (κ2) is 11.1. The maximum atomic E-state index is 12.3. The van der Waals surface area contributed by atoms with Gasteiger partial charge < -0.3 is 19.5 Å². The molecular weight excluding hydrogens is 422 g/mol. The summed E-state index contributed by atoms with van der Waals surface area (Å²) in [5, 5.41) is 2.97. The third-order valence-electron chi connectivity index (χ3n) is 4.24. The van der Waals surface area contributed by atoms with Gasteiger partial charge in [0.25, 0.3) is 0 Å². The largest absolute Gasteiger partial charge is 0.493 e. The van der Waals surface area contributed by atoms with E-state index in [-0.39, 0.29) is 24.7 Å². The topological polar surface area (TPSA) is 56.8 Å². The molecule has 0 fully saturated rings. The molecule has 0 spiro atoms. The summed E-state index contributed by atoms with van der Waals surface area (Å²) >= 11 is 3.52. The molecule has 0 aromatic heterocycles. The molecule has 0 aliphatic rings. The van der Waals surface area contributed by atoms with Gasteiger partial charge in [-0.2, -0.15) is 0 Å². The van der Waals surface area contributed by atoms with E-state index in [1.165, 1.54) is 0 Å². The van der Waals surface area contributed by atoms with Crippen molar-refractivity contribution in [1.29, 1.82) is 0 Å². The third kappa shape index (κ3) is 6.24. The fraction of sp³-hybridized carbons (Fsp3) is 0.409. The Morgan fingerprint density at radius 3 is 2.11 bits per heavy atom. The number of rotatable bonds is 10. The molecule has 2 atom stereocenters. The second-order valence-electron chi connectivity index (χ2n) is 6.35. The molecule has 2 rings (SSSR count). The average molecular weight is 450 g/mol. The van der Waals surface area contributed by atoms with E-state index in [9.17, 15) is 4.79 Å². The smallest absolute Gasteiger partial charge is 0.246 e. The van der Waals surface area contributed by atoms with Crippen molar-refractivity contribution in [3.8, 4) is 11.5 Å². The van der Waals surface area contributed by atoms with E-state index >= 15 is 0 Å². The fourth-order valence-corrected chi connectivity index (χ4v) is 3.21. The highest BCUT2D eigenvalue weighted by Crippen LogP contribution is 2.37. The Kier molecular flexibility index (Phi) is 8.80. The number of carbonyl (C=O) groups excluding carboxylic acids is 1. The molecule has 6 heteroatoms. The van der Waals surface area contributed by atoms with Crippen LogP contribution in [-0.4, -0.2) is 25.7 Å². The first-order valence-corrected chi connectivity index (χ1v) is 10.3. The summed E-state index contributed by atoms with van der Waals surface area (Å²) in [5.74, 6) is 1.21. The monoisotopic (exact) mass is 449 g/mol. The van der Waals surface area contributed by atoms with Crippen LogP contribution in [0.4, 0.5) is 0 Å². The molecular formula is C22H28BrNO4. The maximum absolute atomic E-state index is 12.3. The highest BCUT2D eigenvalue weighted by atomic mass is 79.9. The normalized spacial score (nSPS) is 12.9. The first-order chi connectivity index (χ1) is 13.5. The van der Waals surface area contributed by atoms with Gasteiger partial charge in [-0.05, 0) is 66.9 Å². The molecule has 1 N–H and O–H groups in total. The minimum Gasteiger partial charge on any atom is -0.493 e. The van der Waals surface area contributed by atoms with Crippen LogP contribution in [0.2, 0.25) is 0 Å². The molecule has 152 valence electrons. The lowest BCUT2D eigenvalue weighted by Gasteiger charge is -2.19. The highest BCUT2D eigenvalue weighted by molar-refractivity contribution is 9.10. The predicted octanol–water partition coefficient (Wildman–Crippen LogP) is 5.20. The van der Waals surface area contributed by atoms with Gasteiger partial charge in [0.1, 0.15) is 22.6 Å². The van der Waals surface area contributed by atoms with Crippen molar-refractivity contribution in [3.05, 3.63) is 58.1 Å². The van der Waals surface area contributed by atoms with Gasteiger partial charge in [0, 0.05) is 0 Å². The van der Waals surface area contributed by atoms with Crippen LogP contribution in [-0.2, 0) is 9.53 Å². The second-order valence-corrected chi connectivity index (χ2v) is 7.14. The Morgan fingerprint density at radius 2 is 1.57 bits per heavy atom. The molecule has 2 aromatic rings. The molecule has 1 amide bonds. The standard InChI is InChI=1S/C22H28BrNO4/c1-5-26-19-12-18(13-20(22(19)23)27-6-2)15(3)24-21(25)14-28-16(4)17-10-8-7-9-11-17/h7-13,15-16H,5-6,14H2,1-4H3,(H,24,25)/t15-,16+/m1/s1. The van der Waals surface area contributed by atoms with Crippen LogP contribution in [0.1, 0.15) is 51.0 Å². The van der Waals surface area contributed by atoms with E-state index in [1.54, 1.807) is 0 Å². The SMILES string of the molecule is CCOc1cc([C@@H](C)NC(=O)CO[C@@H](C)c2ccccc2)cc(OCC)c1Br. The van der Waals surface area contributed by atoms with E-state index in [0.29, 0.717) is 24.7 Å². The third-order valence-corrected chi connectivity index (χ3v) is 5.02.